The number of carbonyl (C=O) groups excluding carboxylic acids is 2. The Balaban J connectivity index is 1.44. The fourth-order valence-corrected chi connectivity index (χ4v) is 5.21. The fourth-order valence-electron chi connectivity index (χ4n) is 5.03. The molecule has 2 amide bonds. The molecule has 0 N–H and O–H groups in total. The van der Waals surface area contributed by atoms with Crippen LogP contribution in [0.3, 0.4) is 0 Å². The van der Waals surface area contributed by atoms with Gasteiger partial charge in [-0.25, -0.2) is 0 Å². The first kappa shape index (κ1) is 25.5. The van der Waals surface area contributed by atoms with Gasteiger partial charge in [0.15, 0.2) is 0 Å². The first-order valence-corrected chi connectivity index (χ1v) is 12.8. The lowest BCUT2D eigenvalue weighted by atomic mass is 9.77. The summed E-state index contributed by atoms with van der Waals surface area (Å²) < 4.78 is 7.94. The van der Waals surface area contributed by atoms with Crippen LogP contribution in [0.1, 0.15) is 31.2 Å². The molecule has 2 aliphatic rings. The molecule has 2 aromatic rings. The molecule has 4 rings (SSSR count). The Hall–Kier alpha value is -2.58. The summed E-state index contributed by atoms with van der Waals surface area (Å²) in [6, 6.07) is 7.33. The van der Waals surface area contributed by atoms with E-state index in [0.29, 0.717) is 49.7 Å². The molecular weight excluding hydrogens is 466 g/mol. The number of piperidine rings is 1. The molecule has 0 saturated carbocycles. The zero-order valence-electron chi connectivity index (χ0n) is 20.8. The minimum Gasteiger partial charge on any atom is -0.493 e. The van der Waals surface area contributed by atoms with E-state index >= 15 is 0 Å². The number of amides is 2. The summed E-state index contributed by atoms with van der Waals surface area (Å²) in [4.78, 5) is 32.6. The van der Waals surface area contributed by atoms with Crippen LogP contribution < -0.4 is 4.74 Å². The first-order valence-electron chi connectivity index (χ1n) is 12.4. The Morgan fingerprint density at radius 3 is 2.60 bits per heavy atom. The molecule has 0 aliphatic carbocycles. The van der Waals surface area contributed by atoms with E-state index in [-0.39, 0.29) is 11.8 Å². The third-order valence-electron chi connectivity index (χ3n) is 7.12. The van der Waals surface area contributed by atoms with Crippen LogP contribution in [0.2, 0.25) is 5.02 Å². The lowest BCUT2D eigenvalue weighted by Gasteiger charge is -2.43. The second-order valence-corrected chi connectivity index (χ2v) is 10.5. The molecule has 0 bridgehead atoms. The molecular formula is C26H36ClN5O3. The third-order valence-corrected chi connectivity index (χ3v) is 7.36. The predicted molar refractivity (Wildman–Crippen MR) is 135 cm³/mol. The number of aromatic nitrogens is 2. The first-order chi connectivity index (χ1) is 16.8. The second-order valence-electron chi connectivity index (χ2n) is 10.0. The van der Waals surface area contributed by atoms with Crippen LogP contribution in [-0.4, -0.2) is 89.2 Å². The molecule has 0 unspecified atom stereocenters. The maximum absolute atomic E-state index is 13.4. The van der Waals surface area contributed by atoms with E-state index in [2.05, 4.69) is 17.0 Å². The zero-order chi connectivity index (χ0) is 24.8. The lowest BCUT2D eigenvalue weighted by Crippen LogP contribution is -2.53. The number of aryl methyl sites for hydroxylation is 2. The summed E-state index contributed by atoms with van der Waals surface area (Å²) in [6.07, 6.45) is 6.93. The highest BCUT2D eigenvalue weighted by molar-refractivity contribution is 6.30. The monoisotopic (exact) mass is 501 g/mol. The normalized spacial score (nSPS) is 21.2. The van der Waals surface area contributed by atoms with Crippen LogP contribution in [-0.2, 0) is 23.1 Å². The number of carbonyl (C=O) groups is 2. The summed E-state index contributed by atoms with van der Waals surface area (Å²) in [5.74, 6) is 0.953. The van der Waals surface area contributed by atoms with E-state index in [4.69, 9.17) is 16.3 Å². The number of rotatable bonds is 8. The average molecular weight is 502 g/mol. The van der Waals surface area contributed by atoms with E-state index in [0.717, 1.165) is 44.6 Å². The summed E-state index contributed by atoms with van der Waals surface area (Å²) in [7, 11) is 3.96. The SMILES string of the molecule is CN1CCN(C(=O)C[C@@]2(COc3cccc(Cl)c3)CCCN(C(=O)CCc3cnn(C)c3)C2)CC1. The van der Waals surface area contributed by atoms with E-state index < -0.39 is 5.41 Å². The maximum atomic E-state index is 13.4. The molecule has 1 aromatic carbocycles. The topological polar surface area (TPSA) is 70.9 Å². The molecule has 2 saturated heterocycles. The van der Waals surface area contributed by atoms with Gasteiger partial charge in [-0.05, 0) is 50.1 Å². The molecule has 1 aromatic heterocycles. The Labute approximate surface area is 212 Å². The zero-order valence-corrected chi connectivity index (χ0v) is 21.5. The molecule has 8 nitrogen and oxygen atoms in total. The van der Waals surface area contributed by atoms with Gasteiger partial charge in [-0.3, -0.25) is 14.3 Å². The molecule has 2 fully saturated rings. The van der Waals surface area contributed by atoms with Gasteiger partial charge < -0.3 is 19.4 Å². The van der Waals surface area contributed by atoms with Gasteiger partial charge in [0.1, 0.15) is 5.75 Å². The van der Waals surface area contributed by atoms with Gasteiger partial charge in [0.25, 0.3) is 0 Å². The molecule has 3 heterocycles. The Bertz CT molecular complexity index is 1020. The number of piperazine rings is 1. The van der Waals surface area contributed by atoms with Crippen molar-refractivity contribution in [2.75, 3.05) is 52.9 Å². The Kier molecular flexibility index (Phi) is 8.34. The summed E-state index contributed by atoms with van der Waals surface area (Å²) in [6.45, 7) is 4.88. The molecule has 2 aliphatic heterocycles. The van der Waals surface area contributed by atoms with Gasteiger partial charge in [0.05, 0.1) is 12.8 Å². The van der Waals surface area contributed by atoms with Crippen LogP contribution in [0.5, 0.6) is 5.75 Å². The molecule has 9 heteroatoms. The standard InChI is InChI=1S/C26H36ClN5O3/c1-29-11-13-31(14-12-29)25(34)16-26(20-35-23-6-3-5-22(27)15-23)9-4-10-32(19-26)24(33)8-7-21-17-28-30(2)18-21/h3,5-6,15,17-18H,4,7-14,16,19-20H2,1-2H3/t26-/m0/s1. The number of benzene rings is 1. The maximum Gasteiger partial charge on any atom is 0.223 e. The largest absolute Gasteiger partial charge is 0.493 e. The quantitative estimate of drug-likeness (QED) is 0.556. The van der Waals surface area contributed by atoms with Crippen molar-refractivity contribution in [2.45, 2.75) is 32.1 Å². The van der Waals surface area contributed by atoms with Crippen LogP contribution >= 0.6 is 11.6 Å². The minimum absolute atomic E-state index is 0.118. The van der Waals surface area contributed by atoms with E-state index in [1.807, 2.05) is 41.2 Å². The second kappa shape index (κ2) is 11.4. The molecule has 0 radical (unpaired) electrons. The third kappa shape index (κ3) is 6.98. The molecule has 35 heavy (non-hydrogen) atoms. The van der Waals surface area contributed by atoms with Crippen molar-refractivity contribution in [1.82, 2.24) is 24.5 Å². The number of hydrogen-bond acceptors (Lipinski definition) is 5. The Morgan fingerprint density at radius 1 is 1.09 bits per heavy atom. The highest BCUT2D eigenvalue weighted by Gasteiger charge is 2.41. The fraction of sp³-hybridized carbons (Fsp3) is 0.577. The number of halogens is 1. The summed E-state index contributed by atoms with van der Waals surface area (Å²) in [5.41, 5.74) is 0.629. The number of hydrogen-bond donors (Lipinski definition) is 0. The number of ether oxygens (including phenoxy) is 1. The van der Waals surface area contributed by atoms with Crippen molar-refractivity contribution in [1.29, 1.82) is 0 Å². The van der Waals surface area contributed by atoms with E-state index in [9.17, 15) is 9.59 Å². The van der Waals surface area contributed by atoms with Crippen LogP contribution in [0.25, 0.3) is 0 Å². The van der Waals surface area contributed by atoms with Crippen molar-refractivity contribution >= 4 is 23.4 Å². The highest BCUT2D eigenvalue weighted by atomic mass is 35.5. The number of likely N-dealkylation sites (tertiary alicyclic amines) is 1. The van der Waals surface area contributed by atoms with Crippen LogP contribution in [0, 0.1) is 5.41 Å². The van der Waals surface area contributed by atoms with Gasteiger partial charge in [-0.15, -0.1) is 0 Å². The highest BCUT2D eigenvalue weighted by Crippen LogP contribution is 2.36. The van der Waals surface area contributed by atoms with Crippen LogP contribution in [0.4, 0.5) is 0 Å². The summed E-state index contributed by atoms with van der Waals surface area (Å²) >= 11 is 6.15. The predicted octanol–water partition coefficient (Wildman–Crippen LogP) is 2.86. The van der Waals surface area contributed by atoms with Gasteiger partial charge in [0.2, 0.25) is 11.8 Å². The van der Waals surface area contributed by atoms with Gasteiger partial charge >= 0.3 is 0 Å². The van der Waals surface area contributed by atoms with Crippen LogP contribution in [0.15, 0.2) is 36.7 Å². The minimum atomic E-state index is -0.426. The van der Waals surface area contributed by atoms with E-state index in [1.165, 1.54) is 0 Å². The van der Waals surface area contributed by atoms with Crippen molar-refractivity contribution < 1.29 is 14.3 Å². The van der Waals surface area contributed by atoms with E-state index in [1.54, 1.807) is 16.9 Å². The number of nitrogens with zero attached hydrogens (tertiary/aromatic N) is 5. The van der Waals surface area contributed by atoms with Crippen molar-refractivity contribution in [3.8, 4) is 5.75 Å². The Morgan fingerprint density at radius 2 is 1.89 bits per heavy atom. The van der Waals surface area contributed by atoms with Gasteiger partial charge in [0, 0.05) is 75.8 Å². The van der Waals surface area contributed by atoms with Gasteiger partial charge in [-0.1, -0.05) is 17.7 Å². The molecule has 1 atom stereocenters. The van der Waals surface area contributed by atoms with Gasteiger partial charge in [-0.2, -0.15) is 5.10 Å². The van der Waals surface area contributed by atoms with Crippen molar-refractivity contribution in [3.63, 3.8) is 0 Å². The lowest BCUT2D eigenvalue weighted by molar-refractivity contribution is -0.142. The number of likely N-dealkylation sites (N-methyl/N-ethyl adjacent to an activating group) is 1. The molecule has 0 spiro atoms. The smallest absolute Gasteiger partial charge is 0.223 e. The average Bonchev–Trinajstić information content (AvgIpc) is 3.27. The molecule has 190 valence electrons. The summed E-state index contributed by atoms with van der Waals surface area (Å²) in [5, 5.41) is 4.80. The van der Waals surface area contributed by atoms with Crippen molar-refractivity contribution in [2.24, 2.45) is 12.5 Å². The van der Waals surface area contributed by atoms with Crippen molar-refractivity contribution in [3.05, 3.63) is 47.2 Å².